The third-order valence-electron chi connectivity index (χ3n) is 2.80. The second-order valence-corrected chi connectivity index (χ2v) is 6.21. The molecule has 0 saturated carbocycles. The summed E-state index contributed by atoms with van der Waals surface area (Å²) in [6.45, 7) is 0.614. The zero-order valence-electron chi connectivity index (χ0n) is 11.3. The number of hydrogen-bond acceptors (Lipinski definition) is 7. The Morgan fingerprint density at radius 1 is 1.43 bits per heavy atom. The quantitative estimate of drug-likeness (QED) is 0.703. The van der Waals surface area contributed by atoms with Crippen molar-refractivity contribution in [2.24, 2.45) is 5.73 Å². The summed E-state index contributed by atoms with van der Waals surface area (Å²) in [6.07, 6.45) is 0.808. The standard InChI is InChI=1S/C13H15N3O3S2/c1-19-13(18)8-9(14)10(11(15)17)21-12(8)16-5-4-7-3-2-6-20-7/h2-3,6,16H,4-5,14H2,1H3,(H2,15,17). The van der Waals surface area contributed by atoms with E-state index in [0.717, 1.165) is 17.8 Å². The Kier molecular flexibility index (Phi) is 4.81. The number of nitrogens with two attached hydrogens (primary N) is 2. The maximum absolute atomic E-state index is 11.8. The lowest BCUT2D eigenvalue weighted by atomic mass is 10.2. The number of amides is 1. The monoisotopic (exact) mass is 325 g/mol. The molecule has 1 amide bonds. The van der Waals surface area contributed by atoms with Gasteiger partial charge in [-0.1, -0.05) is 6.07 Å². The minimum Gasteiger partial charge on any atom is -0.465 e. The normalized spacial score (nSPS) is 10.3. The number of hydrogen-bond donors (Lipinski definition) is 3. The van der Waals surface area contributed by atoms with Crippen LogP contribution in [0, 0.1) is 0 Å². The van der Waals surface area contributed by atoms with Gasteiger partial charge in [-0.2, -0.15) is 0 Å². The predicted molar refractivity (Wildman–Crippen MR) is 85.1 cm³/mol. The van der Waals surface area contributed by atoms with Crippen LogP contribution in [-0.4, -0.2) is 25.5 Å². The summed E-state index contributed by atoms with van der Waals surface area (Å²) in [5.41, 5.74) is 11.3. The third kappa shape index (κ3) is 3.34. The molecule has 112 valence electrons. The summed E-state index contributed by atoms with van der Waals surface area (Å²) in [4.78, 5) is 24.5. The molecule has 0 fully saturated rings. The molecule has 5 N–H and O–H groups in total. The Morgan fingerprint density at radius 3 is 2.76 bits per heavy atom. The van der Waals surface area contributed by atoms with Crippen LogP contribution < -0.4 is 16.8 Å². The van der Waals surface area contributed by atoms with E-state index in [1.165, 1.54) is 12.0 Å². The number of carbonyl (C=O) groups is 2. The Labute approximate surface area is 129 Å². The number of primary amides is 1. The van der Waals surface area contributed by atoms with Crippen LogP contribution in [0.15, 0.2) is 17.5 Å². The lowest BCUT2D eigenvalue weighted by Crippen LogP contribution is -2.13. The topological polar surface area (TPSA) is 107 Å². The van der Waals surface area contributed by atoms with Gasteiger partial charge in [0.2, 0.25) is 0 Å². The van der Waals surface area contributed by atoms with E-state index >= 15 is 0 Å². The maximum Gasteiger partial charge on any atom is 0.343 e. The van der Waals surface area contributed by atoms with Gasteiger partial charge in [0.25, 0.3) is 5.91 Å². The molecule has 0 atom stereocenters. The molecular weight excluding hydrogens is 310 g/mol. The molecule has 0 bridgehead atoms. The lowest BCUT2D eigenvalue weighted by Gasteiger charge is -2.06. The highest BCUT2D eigenvalue weighted by Gasteiger charge is 2.24. The molecule has 8 heteroatoms. The van der Waals surface area contributed by atoms with Gasteiger partial charge in [-0.3, -0.25) is 4.79 Å². The first-order chi connectivity index (χ1) is 10.0. The molecule has 0 aliphatic heterocycles. The SMILES string of the molecule is COC(=O)c1c(NCCc2cccs2)sc(C(N)=O)c1N. The Morgan fingerprint density at radius 2 is 2.19 bits per heavy atom. The van der Waals surface area contributed by atoms with Gasteiger partial charge in [0, 0.05) is 11.4 Å². The Balaban J connectivity index is 2.18. The number of esters is 1. The third-order valence-corrected chi connectivity index (χ3v) is 4.91. The average Bonchev–Trinajstić information content (AvgIpc) is 3.06. The van der Waals surface area contributed by atoms with E-state index < -0.39 is 11.9 Å². The van der Waals surface area contributed by atoms with E-state index in [-0.39, 0.29) is 16.1 Å². The Hall–Kier alpha value is -2.06. The smallest absolute Gasteiger partial charge is 0.343 e. The van der Waals surface area contributed by atoms with E-state index in [4.69, 9.17) is 16.2 Å². The van der Waals surface area contributed by atoms with Crippen molar-refractivity contribution in [1.29, 1.82) is 0 Å². The molecular formula is C13H15N3O3S2. The minimum atomic E-state index is -0.658. The van der Waals surface area contributed by atoms with Crippen LogP contribution >= 0.6 is 22.7 Å². The molecule has 2 rings (SSSR count). The van der Waals surface area contributed by atoms with Gasteiger partial charge in [0.1, 0.15) is 15.4 Å². The summed E-state index contributed by atoms with van der Waals surface area (Å²) < 4.78 is 4.70. The number of thiophene rings is 2. The van der Waals surface area contributed by atoms with Crippen molar-refractivity contribution in [1.82, 2.24) is 0 Å². The van der Waals surface area contributed by atoms with Crippen LogP contribution in [-0.2, 0) is 11.2 Å². The highest BCUT2D eigenvalue weighted by Crippen LogP contribution is 2.36. The number of anilines is 2. The van der Waals surface area contributed by atoms with E-state index in [2.05, 4.69) is 5.32 Å². The second-order valence-electron chi connectivity index (χ2n) is 4.16. The van der Waals surface area contributed by atoms with Crippen LogP contribution in [0.5, 0.6) is 0 Å². The van der Waals surface area contributed by atoms with Gasteiger partial charge in [-0.15, -0.1) is 22.7 Å². The first-order valence-electron chi connectivity index (χ1n) is 6.11. The summed E-state index contributed by atoms with van der Waals surface area (Å²) in [5.74, 6) is -1.25. The molecule has 0 radical (unpaired) electrons. The average molecular weight is 325 g/mol. The molecule has 2 aromatic heterocycles. The number of rotatable bonds is 6. The second kappa shape index (κ2) is 6.59. The number of nitrogen functional groups attached to an aromatic ring is 1. The number of carbonyl (C=O) groups excluding carboxylic acids is 2. The molecule has 21 heavy (non-hydrogen) atoms. The highest BCUT2D eigenvalue weighted by molar-refractivity contribution is 7.19. The van der Waals surface area contributed by atoms with Crippen LogP contribution in [0.1, 0.15) is 24.9 Å². The molecule has 6 nitrogen and oxygen atoms in total. The summed E-state index contributed by atoms with van der Waals surface area (Å²) in [7, 11) is 1.26. The highest BCUT2D eigenvalue weighted by atomic mass is 32.1. The van der Waals surface area contributed by atoms with Crippen LogP contribution in [0.4, 0.5) is 10.7 Å². The largest absolute Gasteiger partial charge is 0.465 e. The summed E-state index contributed by atoms with van der Waals surface area (Å²) in [6, 6.07) is 4.01. The van der Waals surface area contributed by atoms with Crippen molar-refractivity contribution in [2.75, 3.05) is 24.7 Å². The molecule has 0 spiro atoms. The van der Waals surface area contributed by atoms with Crippen molar-refractivity contribution < 1.29 is 14.3 Å². The lowest BCUT2D eigenvalue weighted by molar-refractivity contribution is 0.0603. The van der Waals surface area contributed by atoms with Gasteiger partial charge >= 0.3 is 5.97 Å². The molecule has 0 saturated heterocycles. The molecule has 2 heterocycles. The molecule has 0 aliphatic rings. The van der Waals surface area contributed by atoms with Crippen molar-refractivity contribution in [3.63, 3.8) is 0 Å². The van der Waals surface area contributed by atoms with Gasteiger partial charge in [0.15, 0.2) is 0 Å². The van der Waals surface area contributed by atoms with Crippen LogP contribution in [0.25, 0.3) is 0 Å². The number of nitrogens with one attached hydrogen (secondary N) is 1. The molecule has 0 unspecified atom stereocenters. The van der Waals surface area contributed by atoms with Gasteiger partial charge in [0.05, 0.1) is 12.8 Å². The van der Waals surface area contributed by atoms with E-state index in [9.17, 15) is 9.59 Å². The van der Waals surface area contributed by atoms with Crippen molar-refractivity contribution in [3.05, 3.63) is 32.8 Å². The maximum atomic E-state index is 11.8. The first kappa shape index (κ1) is 15.3. The van der Waals surface area contributed by atoms with Gasteiger partial charge in [-0.25, -0.2) is 4.79 Å². The van der Waals surface area contributed by atoms with Crippen molar-refractivity contribution >= 4 is 45.2 Å². The summed E-state index contributed by atoms with van der Waals surface area (Å²) >= 11 is 2.73. The van der Waals surface area contributed by atoms with Crippen LogP contribution in [0.2, 0.25) is 0 Å². The molecule has 0 aromatic carbocycles. The Bertz CT molecular complexity index is 650. The van der Waals surface area contributed by atoms with E-state index in [1.807, 2.05) is 17.5 Å². The van der Waals surface area contributed by atoms with E-state index in [0.29, 0.717) is 11.5 Å². The van der Waals surface area contributed by atoms with Crippen molar-refractivity contribution in [3.8, 4) is 0 Å². The zero-order valence-corrected chi connectivity index (χ0v) is 13.0. The fraction of sp³-hybridized carbons (Fsp3) is 0.231. The summed E-state index contributed by atoms with van der Waals surface area (Å²) in [5, 5.41) is 5.63. The zero-order chi connectivity index (χ0) is 15.4. The number of methoxy groups -OCH3 is 1. The fourth-order valence-electron chi connectivity index (χ4n) is 1.81. The minimum absolute atomic E-state index is 0.0676. The molecule has 0 aliphatic carbocycles. The number of ether oxygens (including phenoxy) is 1. The van der Waals surface area contributed by atoms with Crippen molar-refractivity contribution in [2.45, 2.75) is 6.42 Å². The predicted octanol–water partition coefficient (Wildman–Crippen LogP) is 1.93. The molecule has 2 aromatic rings. The van der Waals surface area contributed by atoms with E-state index in [1.54, 1.807) is 11.3 Å². The van der Waals surface area contributed by atoms with Gasteiger partial charge in [-0.05, 0) is 17.9 Å². The first-order valence-corrected chi connectivity index (χ1v) is 7.80. The van der Waals surface area contributed by atoms with Gasteiger partial charge < -0.3 is 21.5 Å². The fourth-order valence-corrected chi connectivity index (χ4v) is 3.51. The van der Waals surface area contributed by atoms with Crippen LogP contribution in [0.3, 0.4) is 0 Å².